The number of carbonyl (C=O) groups is 1. The van der Waals surface area contributed by atoms with E-state index in [1.807, 2.05) is 0 Å². The van der Waals surface area contributed by atoms with Crippen LogP contribution in [0, 0.1) is 0 Å². The summed E-state index contributed by atoms with van der Waals surface area (Å²) in [6.07, 6.45) is -0.135. The zero-order chi connectivity index (χ0) is 7.28. The highest BCUT2D eigenvalue weighted by Gasteiger charge is 1.92. The maximum absolute atomic E-state index is 9.94. The maximum atomic E-state index is 9.94. The first-order chi connectivity index (χ1) is 4.13. The van der Waals surface area contributed by atoms with E-state index in [1.165, 1.54) is 0 Å². The Bertz CT molecular complexity index is 110. The smallest absolute Gasteiger partial charge is 0.404 e. The molecule has 0 radical (unpaired) electrons. The van der Waals surface area contributed by atoms with Crippen LogP contribution in [-0.2, 0) is 4.74 Å². The van der Waals surface area contributed by atoms with Gasteiger partial charge in [-0.2, -0.15) is 0 Å². The number of hydrogen-bond donors (Lipinski definition) is 1. The normalized spacial score (nSPS) is 8.56. The van der Waals surface area contributed by atoms with E-state index in [-0.39, 0.29) is 0 Å². The Morgan fingerprint density at radius 1 is 1.78 bits per heavy atom. The van der Waals surface area contributed by atoms with E-state index in [4.69, 9.17) is 12.2 Å². The molecule has 0 aliphatic carbocycles. The summed E-state index contributed by atoms with van der Waals surface area (Å²) >= 11 is 4.72. The van der Waals surface area contributed by atoms with Gasteiger partial charge in [0.05, 0.1) is 6.61 Å². The molecule has 0 atom stereocenters. The van der Waals surface area contributed by atoms with E-state index < -0.39 is 6.09 Å². The molecule has 0 aromatic rings. The summed E-state index contributed by atoms with van der Waals surface area (Å²) < 4.78 is 4.40. The van der Waals surface area contributed by atoms with Crippen LogP contribution in [0.25, 0.3) is 0 Å². The Kier molecular flexibility index (Phi) is 3.96. The molecule has 0 saturated heterocycles. The lowest BCUT2D eigenvalue weighted by Crippen LogP contribution is -2.14. The highest BCUT2D eigenvalue weighted by Crippen LogP contribution is 1.85. The molecule has 1 amide bonds. The summed E-state index contributed by atoms with van der Waals surface area (Å²) in [5.41, 5.74) is 4.67. The van der Waals surface area contributed by atoms with Gasteiger partial charge in [0, 0.05) is 6.42 Å². The van der Waals surface area contributed by atoms with Crippen LogP contribution in [0.15, 0.2) is 0 Å². The zero-order valence-electron chi connectivity index (χ0n) is 5.22. The predicted octanol–water partition coefficient (Wildman–Crippen LogP) is 0.862. The molecule has 0 heterocycles. The van der Waals surface area contributed by atoms with Crippen LogP contribution < -0.4 is 5.73 Å². The Labute approximate surface area is 59.2 Å². The van der Waals surface area contributed by atoms with Gasteiger partial charge in [0.1, 0.15) is 0 Å². The lowest BCUT2D eigenvalue weighted by atomic mass is 10.4. The van der Waals surface area contributed by atoms with Crippen molar-refractivity contribution >= 4 is 23.2 Å². The summed E-state index contributed by atoms with van der Waals surface area (Å²) in [4.78, 5) is 10.8. The minimum absolute atomic E-state index is 0.296. The number of carbonyl (C=O) groups excluding carboxylic acids is 1. The van der Waals surface area contributed by atoms with Crippen molar-refractivity contribution in [1.82, 2.24) is 0 Å². The highest BCUT2D eigenvalue weighted by atomic mass is 32.1. The number of nitrogens with two attached hydrogens (primary N) is 1. The van der Waals surface area contributed by atoms with E-state index in [0.717, 1.165) is 4.86 Å². The number of thiocarbonyl (C=S) groups is 1. The molecular weight excluding hydrogens is 138 g/mol. The third-order valence-corrected chi connectivity index (χ3v) is 0.903. The third kappa shape index (κ3) is 7.36. The SMILES string of the molecule is CC(=S)CCOC(N)=O. The van der Waals surface area contributed by atoms with Gasteiger partial charge < -0.3 is 10.5 Å². The van der Waals surface area contributed by atoms with Crippen molar-refractivity contribution in [3.05, 3.63) is 0 Å². The molecule has 0 spiro atoms. The molecule has 0 unspecified atom stereocenters. The molecule has 9 heavy (non-hydrogen) atoms. The van der Waals surface area contributed by atoms with Gasteiger partial charge >= 0.3 is 6.09 Å². The molecule has 3 nitrogen and oxygen atoms in total. The number of rotatable bonds is 3. The lowest BCUT2D eigenvalue weighted by Gasteiger charge is -1.97. The van der Waals surface area contributed by atoms with Gasteiger partial charge in [-0.1, -0.05) is 12.2 Å². The number of amides is 1. The largest absolute Gasteiger partial charge is 0.449 e. The first-order valence-corrected chi connectivity index (χ1v) is 2.95. The average Bonchev–Trinajstić information content (AvgIpc) is 1.63. The molecule has 2 N–H and O–H groups in total. The first-order valence-electron chi connectivity index (χ1n) is 2.54. The molecule has 0 aromatic carbocycles. The van der Waals surface area contributed by atoms with Gasteiger partial charge in [0.25, 0.3) is 0 Å². The average molecular weight is 147 g/mol. The maximum Gasteiger partial charge on any atom is 0.404 e. The minimum Gasteiger partial charge on any atom is -0.449 e. The van der Waals surface area contributed by atoms with Gasteiger partial charge in [0.15, 0.2) is 0 Å². The summed E-state index contributed by atoms with van der Waals surface area (Å²) in [7, 11) is 0. The molecule has 52 valence electrons. The van der Waals surface area contributed by atoms with Crippen molar-refractivity contribution in [3.8, 4) is 0 Å². The Hall–Kier alpha value is -0.640. The number of hydrogen-bond acceptors (Lipinski definition) is 3. The Balaban J connectivity index is 3.10. The summed E-state index contributed by atoms with van der Waals surface area (Å²) in [5.74, 6) is 0. The fourth-order valence-corrected chi connectivity index (χ4v) is 0.379. The van der Waals surface area contributed by atoms with Gasteiger partial charge in [0.2, 0.25) is 0 Å². The van der Waals surface area contributed by atoms with E-state index in [2.05, 4.69) is 10.5 Å². The Morgan fingerprint density at radius 3 is 2.67 bits per heavy atom. The quantitative estimate of drug-likeness (QED) is 0.602. The van der Waals surface area contributed by atoms with Crippen molar-refractivity contribution in [2.24, 2.45) is 5.73 Å². The predicted molar refractivity (Wildman–Crippen MR) is 38.4 cm³/mol. The second-order valence-corrected chi connectivity index (χ2v) is 2.32. The molecule has 0 aliphatic rings. The van der Waals surface area contributed by atoms with E-state index in [9.17, 15) is 4.79 Å². The molecular formula is C5H9NO2S. The van der Waals surface area contributed by atoms with E-state index >= 15 is 0 Å². The van der Waals surface area contributed by atoms with Crippen LogP contribution in [0.5, 0.6) is 0 Å². The molecule has 0 aromatic heterocycles. The zero-order valence-corrected chi connectivity index (χ0v) is 6.03. The summed E-state index contributed by atoms with van der Waals surface area (Å²) in [5, 5.41) is 0. The number of primary amides is 1. The monoisotopic (exact) mass is 147 g/mol. The lowest BCUT2D eigenvalue weighted by molar-refractivity contribution is 0.160. The summed E-state index contributed by atoms with van der Waals surface area (Å²) in [6.45, 7) is 2.09. The van der Waals surface area contributed by atoms with Gasteiger partial charge in [-0.25, -0.2) is 4.79 Å². The van der Waals surface area contributed by atoms with Crippen LogP contribution in [0.2, 0.25) is 0 Å². The van der Waals surface area contributed by atoms with Crippen LogP contribution in [-0.4, -0.2) is 17.6 Å². The summed E-state index contributed by atoms with van der Waals surface area (Å²) in [6, 6.07) is 0. The first kappa shape index (κ1) is 8.36. The molecule has 4 heteroatoms. The molecule has 0 bridgehead atoms. The van der Waals surface area contributed by atoms with E-state index in [0.29, 0.717) is 13.0 Å². The van der Waals surface area contributed by atoms with Crippen molar-refractivity contribution in [2.75, 3.05) is 6.61 Å². The van der Waals surface area contributed by atoms with Crippen LogP contribution in [0.1, 0.15) is 13.3 Å². The Morgan fingerprint density at radius 2 is 2.33 bits per heavy atom. The van der Waals surface area contributed by atoms with Gasteiger partial charge in [-0.05, 0) is 11.8 Å². The molecule has 0 fully saturated rings. The van der Waals surface area contributed by atoms with Crippen LogP contribution in [0.4, 0.5) is 4.79 Å². The second kappa shape index (κ2) is 4.26. The van der Waals surface area contributed by atoms with Gasteiger partial charge in [-0.3, -0.25) is 0 Å². The van der Waals surface area contributed by atoms with Crippen molar-refractivity contribution in [3.63, 3.8) is 0 Å². The fourth-order valence-electron chi connectivity index (χ4n) is 0.295. The van der Waals surface area contributed by atoms with Crippen LogP contribution in [0.3, 0.4) is 0 Å². The highest BCUT2D eigenvalue weighted by molar-refractivity contribution is 7.80. The second-order valence-electron chi connectivity index (χ2n) is 1.62. The van der Waals surface area contributed by atoms with Crippen molar-refractivity contribution in [1.29, 1.82) is 0 Å². The minimum atomic E-state index is -0.744. The molecule has 0 rings (SSSR count). The standard InChI is InChI=1S/C5H9NO2S/c1-4(9)2-3-8-5(6)7/h2-3H2,1H3,(H2,6,7). The number of ether oxygens (including phenoxy) is 1. The fraction of sp³-hybridized carbons (Fsp3) is 0.600. The van der Waals surface area contributed by atoms with Crippen molar-refractivity contribution < 1.29 is 9.53 Å². The molecule has 0 saturated carbocycles. The third-order valence-electron chi connectivity index (χ3n) is 0.698. The molecule has 0 aliphatic heterocycles. The van der Waals surface area contributed by atoms with E-state index in [1.54, 1.807) is 6.92 Å². The van der Waals surface area contributed by atoms with Crippen molar-refractivity contribution in [2.45, 2.75) is 13.3 Å². The topological polar surface area (TPSA) is 52.3 Å². The van der Waals surface area contributed by atoms with Crippen LogP contribution >= 0.6 is 12.2 Å². The van der Waals surface area contributed by atoms with Gasteiger partial charge in [-0.15, -0.1) is 0 Å².